The SMILES string of the molecule is CCCOCCOc1ccc(C#N)c([N+](=O)[O-])c1. The largest absolute Gasteiger partial charge is 0.491 e. The second-order valence-corrected chi connectivity index (χ2v) is 3.51. The second-order valence-electron chi connectivity index (χ2n) is 3.51. The molecule has 0 aromatic heterocycles. The van der Waals surface area contributed by atoms with Crippen LogP contribution in [-0.2, 0) is 4.74 Å². The van der Waals surface area contributed by atoms with Crippen LogP contribution in [0.2, 0.25) is 0 Å². The van der Waals surface area contributed by atoms with E-state index < -0.39 is 4.92 Å². The highest BCUT2D eigenvalue weighted by atomic mass is 16.6. The van der Waals surface area contributed by atoms with E-state index in [1.54, 1.807) is 6.07 Å². The van der Waals surface area contributed by atoms with Gasteiger partial charge >= 0.3 is 0 Å². The summed E-state index contributed by atoms with van der Waals surface area (Å²) in [6.45, 7) is 3.42. The molecule has 0 amide bonds. The quantitative estimate of drug-likeness (QED) is 0.421. The first-order chi connectivity index (χ1) is 8.69. The van der Waals surface area contributed by atoms with Crippen LogP contribution in [-0.4, -0.2) is 24.7 Å². The Balaban J connectivity index is 2.60. The standard InChI is InChI=1S/C12H14N2O4/c1-2-5-17-6-7-18-11-4-3-10(9-13)12(8-11)14(15)16/h3-4,8H,2,5-7H2,1H3. The van der Waals surface area contributed by atoms with Gasteiger partial charge in [0, 0.05) is 6.61 Å². The van der Waals surface area contributed by atoms with Crippen LogP contribution in [0.3, 0.4) is 0 Å². The number of nitro benzene ring substituents is 1. The summed E-state index contributed by atoms with van der Waals surface area (Å²) in [5.41, 5.74) is -0.223. The molecule has 0 N–H and O–H groups in total. The third-order valence-corrected chi connectivity index (χ3v) is 2.13. The lowest BCUT2D eigenvalue weighted by molar-refractivity contribution is -0.385. The molecule has 1 aromatic rings. The van der Waals surface area contributed by atoms with Crippen LogP contribution in [0.15, 0.2) is 18.2 Å². The molecule has 0 saturated heterocycles. The zero-order chi connectivity index (χ0) is 13.4. The number of nitrogens with zero attached hydrogens (tertiary/aromatic N) is 2. The van der Waals surface area contributed by atoms with Crippen LogP contribution < -0.4 is 4.74 Å². The molecule has 1 rings (SSSR count). The normalized spacial score (nSPS) is 9.78. The van der Waals surface area contributed by atoms with Crippen molar-refractivity contribution in [2.75, 3.05) is 19.8 Å². The highest BCUT2D eigenvalue weighted by molar-refractivity contribution is 5.52. The van der Waals surface area contributed by atoms with Gasteiger partial charge in [-0.3, -0.25) is 10.1 Å². The summed E-state index contributed by atoms with van der Waals surface area (Å²) < 4.78 is 10.5. The highest BCUT2D eigenvalue weighted by Gasteiger charge is 2.14. The van der Waals surface area contributed by atoms with Crippen molar-refractivity contribution in [2.24, 2.45) is 0 Å². The van der Waals surface area contributed by atoms with Crippen LogP contribution in [0.25, 0.3) is 0 Å². The van der Waals surface area contributed by atoms with Gasteiger partial charge in [-0.1, -0.05) is 6.92 Å². The molecule has 6 nitrogen and oxygen atoms in total. The van der Waals surface area contributed by atoms with Gasteiger partial charge < -0.3 is 9.47 Å². The highest BCUT2D eigenvalue weighted by Crippen LogP contribution is 2.23. The average Bonchev–Trinajstić information content (AvgIpc) is 2.38. The van der Waals surface area contributed by atoms with Crippen molar-refractivity contribution in [3.8, 4) is 11.8 Å². The van der Waals surface area contributed by atoms with E-state index >= 15 is 0 Å². The van der Waals surface area contributed by atoms with Crippen molar-refractivity contribution in [1.82, 2.24) is 0 Å². The van der Waals surface area contributed by atoms with E-state index in [1.807, 2.05) is 6.92 Å². The van der Waals surface area contributed by atoms with Crippen molar-refractivity contribution in [3.63, 3.8) is 0 Å². The first kappa shape index (κ1) is 13.9. The molecule has 0 unspecified atom stereocenters. The van der Waals surface area contributed by atoms with E-state index in [1.165, 1.54) is 18.2 Å². The van der Waals surface area contributed by atoms with Gasteiger partial charge in [-0.25, -0.2) is 0 Å². The molecule has 0 atom stereocenters. The maximum atomic E-state index is 10.7. The van der Waals surface area contributed by atoms with Crippen molar-refractivity contribution < 1.29 is 14.4 Å². The van der Waals surface area contributed by atoms with Gasteiger partial charge in [0.1, 0.15) is 24.0 Å². The van der Waals surface area contributed by atoms with Crippen molar-refractivity contribution >= 4 is 5.69 Å². The summed E-state index contributed by atoms with van der Waals surface area (Å²) in [5.74, 6) is 0.362. The molecule has 0 aliphatic carbocycles. The molecule has 0 saturated carbocycles. The maximum Gasteiger partial charge on any atom is 0.290 e. The number of hydrogen-bond acceptors (Lipinski definition) is 5. The number of nitriles is 1. The third kappa shape index (κ3) is 4.03. The molecule has 18 heavy (non-hydrogen) atoms. The Morgan fingerprint density at radius 3 is 2.78 bits per heavy atom. The van der Waals surface area contributed by atoms with Crippen LogP contribution in [0, 0.1) is 21.4 Å². The number of hydrogen-bond donors (Lipinski definition) is 0. The zero-order valence-electron chi connectivity index (χ0n) is 10.1. The second kappa shape index (κ2) is 7.25. The molecule has 96 valence electrons. The van der Waals surface area contributed by atoms with E-state index in [0.717, 1.165) is 6.42 Å². The molecule has 0 radical (unpaired) electrons. The fourth-order valence-electron chi connectivity index (χ4n) is 1.31. The van der Waals surface area contributed by atoms with Gasteiger partial charge in [-0.2, -0.15) is 5.26 Å². The van der Waals surface area contributed by atoms with Gasteiger partial charge in [0.05, 0.1) is 17.6 Å². The third-order valence-electron chi connectivity index (χ3n) is 2.13. The Bertz CT molecular complexity index is 454. The van der Waals surface area contributed by atoms with Crippen LogP contribution in [0.4, 0.5) is 5.69 Å². The van der Waals surface area contributed by atoms with E-state index in [4.69, 9.17) is 14.7 Å². The Kier molecular flexibility index (Phi) is 5.61. The smallest absolute Gasteiger partial charge is 0.290 e. The van der Waals surface area contributed by atoms with Crippen LogP contribution in [0.5, 0.6) is 5.75 Å². The monoisotopic (exact) mass is 250 g/mol. The molecule has 1 aromatic carbocycles. The summed E-state index contributed by atoms with van der Waals surface area (Å²) in [6, 6.07) is 5.92. The number of benzene rings is 1. The number of nitro groups is 1. The van der Waals surface area contributed by atoms with Gasteiger partial charge in [0.2, 0.25) is 0 Å². The van der Waals surface area contributed by atoms with Gasteiger partial charge in [-0.05, 0) is 18.6 Å². The minimum atomic E-state index is -0.598. The molecule has 0 spiro atoms. The van der Waals surface area contributed by atoms with Crippen molar-refractivity contribution in [2.45, 2.75) is 13.3 Å². The lowest BCUT2D eigenvalue weighted by Crippen LogP contribution is -2.07. The van der Waals surface area contributed by atoms with Gasteiger partial charge in [0.15, 0.2) is 0 Å². The number of ether oxygens (including phenoxy) is 2. The van der Waals surface area contributed by atoms with Gasteiger partial charge in [-0.15, -0.1) is 0 Å². The average molecular weight is 250 g/mol. The molecule has 0 bridgehead atoms. The molecular formula is C12H14N2O4. The Hall–Kier alpha value is -2.13. The molecule has 0 aliphatic rings. The summed E-state index contributed by atoms with van der Waals surface area (Å²) in [6.07, 6.45) is 0.933. The number of rotatable bonds is 7. The Morgan fingerprint density at radius 2 is 2.17 bits per heavy atom. The molecule has 0 heterocycles. The molecule has 0 fully saturated rings. The predicted octanol–water partition coefficient (Wildman–Crippen LogP) is 2.27. The van der Waals surface area contributed by atoms with E-state index in [0.29, 0.717) is 25.6 Å². The predicted molar refractivity (Wildman–Crippen MR) is 64.4 cm³/mol. The van der Waals surface area contributed by atoms with Crippen molar-refractivity contribution in [1.29, 1.82) is 5.26 Å². The van der Waals surface area contributed by atoms with E-state index in [2.05, 4.69) is 0 Å². The van der Waals surface area contributed by atoms with Crippen LogP contribution >= 0.6 is 0 Å². The lowest BCUT2D eigenvalue weighted by atomic mass is 10.2. The minimum absolute atomic E-state index is 0.0228. The van der Waals surface area contributed by atoms with Crippen molar-refractivity contribution in [3.05, 3.63) is 33.9 Å². The lowest BCUT2D eigenvalue weighted by Gasteiger charge is -2.06. The molecule has 0 aliphatic heterocycles. The minimum Gasteiger partial charge on any atom is -0.491 e. The van der Waals surface area contributed by atoms with Gasteiger partial charge in [0.25, 0.3) is 5.69 Å². The molecule has 6 heteroatoms. The Labute approximate surface area is 105 Å². The maximum absolute atomic E-state index is 10.7. The first-order valence-corrected chi connectivity index (χ1v) is 5.58. The van der Waals surface area contributed by atoms with Crippen LogP contribution in [0.1, 0.15) is 18.9 Å². The fraction of sp³-hybridized carbons (Fsp3) is 0.417. The summed E-state index contributed by atoms with van der Waals surface area (Å²) in [4.78, 5) is 10.1. The molecular weight excluding hydrogens is 236 g/mol. The topological polar surface area (TPSA) is 85.4 Å². The first-order valence-electron chi connectivity index (χ1n) is 5.58. The summed E-state index contributed by atoms with van der Waals surface area (Å²) in [5, 5.41) is 19.4. The summed E-state index contributed by atoms with van der Waals surface area (Å²) in [7, 11) is 0. The Morgan fingerprint density at radius 1 is 1.39 bits per heavy atom. The van der Waals surface area contributed by atoms with E-state index in [9.17, 15) is 10.1 Å². The fourth-order valence-corrected chi connectivity index (χ4v) is 1.31. The summed E-state index contributed by atoms with van der Waals surface area (Å²) >= 11 is 0. The van der Waals surface area contributed by atoms with E-state index in [-0.39, 0.29) is 11.3 Å². The zero-order valence-corrected chi connectivity index (χ0v) is 10.1.